The summed E-state index contributed by atoms with van der Waals surface area (Å²) in [5.74, 6) is 1.17. The molecule has 0 saturated carbocycles. The molecule has 1 aromatic carbocycles. The fourth-order valence-corrected chi connectivity index (χ4v) is 4.19. The molecule has 0 aromatic heterocycles. The van der Waals surface area contributed by atoms with Gasteiger partial charge in [-0.1, -0.05) is 19.9 Å². The third-order valence-electron chi connectivity index (χ3n) is 5.86. The number of anilines is 1. The van der Waals surface area contributed by atoms with E-state index in [2.05, 4.69) is 34.4 Å². The molecular weight excluding hydrogens is 524 g/mol. The second kappa shape index (κ2) is 14.2. The van der Waals surface area contributed by atoms with Crippen molar-refractivity contribution in [2.75, 3.05) is 71.1 Å². The van der Waals surface area contributed by atoms with E-state index in [9.17, 15) is 4.39 Å². The fraction of sp³-hybridized carbons (Fsp3) is 0.696. The van der Waals surface area contributed by atoms with Gasteiger partial charge < -0.3 is 25.0 Å². The van der Waals surface area contributed by atoms with E-state index in [1.807, 2.05) is 17.0 Å². The van der Waals surface area contributed by atoms with Crippen molar-refractivity contribution in [1.29, 1.82) is 0 Å². The first kappa shape index (κ1) is 27.1. The average molecular weight is 564 g/mol. The van der Waals surface area contributed by atoms with E-state index in [0.717, 1.165) is 63.9 Å². The lowest BCUT2D eigenvalue weighted by atomic mass is 10.0. The van der Waals surface area contributed by atoms with Crippen molar-refractivity contribution in [3.63, 3.8) is 0 Å². The van der Waals surface area contributed by atoms with E-state index >= 15 is 0 Å². The van der Waals surface area contributed by atoms with Crippen LogP contribution >= 0.6 is 24.0 Å². The minimum atomic E-state index is -0.187. The van der Waals surface area contributed by atoms with E-state index in [-0.39, 0.29) is 29.8 Å². The maximum absolute atomic E-state index is 14.7. The van der Waals surface area contributed by atoms with E-state index in [1.54, 1.807) is 13.1 Å². The van der Waals surface area contributed by atoms with Crippen molar-refractivity contribution in [3.8, 4) is 0 Å². The van der Waals surface area contributed by atoms with Crippen molar-refractivity contribution in [2.24, 2.45) is 10.9 Å². The van der Waals surface area contributed by atoms with Crippen molar-refractivity contribution in [2.45, 2.75) is 32.9 Å². The number of morpholine rings is 2. The fourth-order valence-electron chi connectivity index (χ4n) is 4.19. The SMILES string of the molecule is CN=C(NCc1ccc(N2CCOCC2)c(F)c1)NCC(CC(C)C)N1CCOCC1.I. The first-order valence-corrected chi connectivity index (χ1v) is 11.4. The molecule has 182 valence electrons. The molecule has 2 N–H and O–H groups in total. The Labute approximate surface area is 209 Å². The van der Waals surface area contributed by atoms with Gasteiger partial charge in [0.2, 0.25) is 0 Å². The molecule has 1 atom stereocenters. The highest BCUT2D eigenvalue weighted by Gasteiger charge is 2.22. The zero-order chi connectivity index (χ0) is 22.1. The third kappa shape index (κ3) is 8.31. The molecule has 0 bridgehead atoms. The first-order chi connectivity index (χ1) is 15.1. The van der Waals surface area contributed by atoms with Crippen molar-refractivity contribution >= 4 is 35.6 Å². The molecule has 0 aliphatic carbocycles. The second-order valence-corrected chi connectivity index (χ2v) is 8.62. The zero-order valence-corrected chi connectivity index (χ0v) is 21.9. The Kier molecular flexibility index (Phi) is 12.0. The highest BCUT2D eigenvalue weighted by atomic mass is 127. The minimum absolute atomic E-state index is 0. The molecule has 0 amide bonds. The lowest BCUT2D eigenvalue weighted by Crippen LogP contribution is -2.50. The van der Waals surface area contributed by atoms with E-state index in [4.69, 9.17) is 9.47 Å². The summed E-state index contributed by atoms with van der Waals surface area (Å²) in [6, 6.07) is 5.89. The number of hydrogen-bond donors (Lipinski definition) is 2. The molecule has 1 aromatic rings. The summed E-state index contributed by atoms with van der Waals surface area (Å²) >= 11 is 0. The van der Waals surface area contributed by atoms with Crippen LogP contribution in [0.4, 0.5) is 10.1 Å². The first-order valence-electron chi connectivity index (χ1n) is 11.4. The number of aliphatic imine (C=N–C) groups is 1. The highest BCUT2D eigenvalue weighted by Crippen LogP contribution is 2.21. The molecule has 2 aliphatic rings. The van der Waals surface area contributed by atoms with Gasteiger partial charge >= 0.3 is 0 Å². The number of ether oxygens (including phenoxy) is 2. The van der Waals surface area contributed by atoms with Crippen molar-refractivity contribution in [1.82, 2.24) is 15.5 Å². The van der Waals surface area contributed by atoms with E-state index in [0.29, 0.717) is 37.4 Å². The van der Waals surface area contributed by atoms with Gasteiger partial charge in [-0.25, -0.2) is 4.39 Å². The van der Waals surface area contributed by atoms with Crippen LogP contribution < -0.4 is 15.5 Å². The van der Waals surface area contributed by atoms with E-state index < -0.39 is 0 Å². The number of guanidine groups is 1. The van der Waals surface area contributed by atoms with E-state index in [1.165, 1.54) is 0 Å². The van der Waals surface area contributed by atoms with Gasteiger partial charge in [0.15, 0.2) is 5.96 Å². The lowest BCUT2D eigenvalue weighted by Gasteiger charge is -2.35. The zero-order valence-electron chi connectivity index (χ0n) is 19.6. The quantitative estimate of drug-likeness (QED) is 0.288. The van der Waals surface area contributed by atoms with Gasteiger partial charge in [0.05, 0.1) is 32.1 Å². The van der Waals surface area contributed by atoms with Gasteiger partial charge in [0, 0.05) is 52.4 Å². The van der Waals surface area contributed by atoms with Crippen LogP contribution in [0.2, 0.25) is 0 Å². The number of benzene rings is 1. The molecule has 3 rings (SSSR count). The van der Waals surface area contributed by atoms with Crippen LogP contribution in [0, 0.1) is 11.7 Å². The number of hydrogen-bond acceptors (Lipinski definition) is 5. The summed E-state index contributed by atoms with van der Waals surface area (Å²) in [5, 5.41) is 6.78. The Morgan fingerprint density at radius 1 is 1.06 bits per heavy atom. The molecular formula is C23H39FIN5O2. The largest absolute Gasteiger partial charge is 0.379 e. The monoisotopic (exact) mass is 563 g/mol. The Balaban J connectivity index is 0.00000363. The van der Waals surface area contributed by atoms with Gasteiger partial charge in [-0.05, 0) is 30.0 Å². The van der Waals surface area contributed by atoms with Crippen LogP contribution in [0.25, 0.3) is 0 Å². The number of nitrogens with zero attached hydrogens (tertiary/aromatic N) is 3. The summed E-state index contributed by atoms with van der Waals surface area (Å²) in [6.07, 6.45) is 1.12. The maximum Gasteiger partial charge on any atom is 0.191 e. The molecule has 2 fully saturated rings. The topological polar surface area (TPSA) is 61.4 Å². The Morgan fingerprint density at radius 3 is 2.31 bits per heavy atom. The van der Waals surface area contributed by atoms with Gasteiger partial charge in [0.25, 0.3) is 0 Å². The average Bonchev–Trinajstić information content (AvgIpc) is 2.79. The Bertz CT molecular complexity index is 710. The Hall–Kier alpha value is -1.17. The summed E-state index contributed by atoms with van der Waals surface area (Å²) in [7, 11) is 1.77. The Morgan fingerprint density at radius 2 is 1.72 bits per heavy atom. The summed E-state index contributed by atoms with van der Waals surface area (Å²) in [6.45, 7) is 12.2. The van der Waals surface area contributed by atoms with Crippen LogP contribution in [0.1, 0.15) is 25.8 Å². The predicted molar refractivity (Wildman–Crippen MR) is 139 cm³/mol. The van der Waals surface area contributed by atoms with Gasteiger partial charge in [0.1, 0.15) is 5.82 Å². The number of nitrogens with one attached hydrogen (secondary N) is 2. The summed E-state index contributed by atoms with van der Waals surface area (Å²) in [4.78, 5) is 8.89. The van der Waals surface area contributed by atoms with Crippen LogP contribution in [-0.2, 0) is 16.0 Å². The van der Waals surface area contributed by atoms with Gasteiger partial charge in [-0.3, -0.25) is 9.89 Å². The maximum atomic E-state index is 14.7. The van der Waals surface area contributed by atoms with Gasteiger partial charge in [-0.2, -0.15) is 0 Å². The van der Waals surface area contributed by atoms with Gasteiger partial charge in [-0.15, -0.1) is 24.0 Å². The molecule has 7 nitrogen and oxygen atoms in total. The smallest absolute Gasteiger partial charge is 0.191 e. The molecule has 0 spiro atoms. The molecule has 32 heavy (non-hydrogen) atoms. The van der Waals surface area contributed by atoms with Crippen molar-refractivity contribution in [3.05, 3.63) is 29.6 Å². The number of rotatable bonds is 8. The normalized spacial score (nSPS) is 18.9. The molecule has 9 heteroatoms. The summed E-state index contributed by atoms with van der Waals surface area (Å²) < 4.78 is 25.5. The predicted octanol–water partition coefficient (Wildman–Crippen LogP) is 2.69. The van der Waals surface area contributed by atoms with Crippen LogP contribution in [-0.4, -0.2) is 83.1 Å². The third-order valence-corrected chi connectivity index (χ3v) is 5.86. The standard InChI is InChI=1S/C23H38FN5O2.HI/c1-18(2)14-20(28-6-10-30-11-7-28)17-27-23(25-3)26-16-19-4-5-22(21(24)15-19)29-8-12-31-13-9-29;/h4-5,15,18,20H,6-14,16-17H2,1-3H3,(H2,25,26,27);1H. The molecule has 0 radical (unpaired) electrons. The van der Waals surface area contributed by atoms with Crippen molar-refractivity contribution < 1.29 is 13.9 Å². The highest BCUT2D eigenvalue weighted by molar-refractivity contribution is 14.0. The molecule has 2 aliphatic heterocycles. The minimum Gasteiger partial charge on any atom is -0.379 e. The lowest BCUT2D eigenvalue weighted by molar-refractivity contribution is 0.0132. The molecule has 2 heterocycles. The van der Waals surface area contributed by atoms with Crippen LogP contribution in [0.15, 0.2) is 23.2 Å². The second-order valence-electron chi connectivity index (χ2n) is 8.62. The molecule has 2 saturated heterocycles. The van der Waals surface area contributed by atoms with Crippen LogP contribution in [0.5, 0.6) is 0 Å². The molecule has 1 unspecified atom stereocenters. The number of halogens is 2. The van der Waals surface area contributed by atoms with Crippen LogP contribution in [0.3, 0.4) is 0 Å². The summed E-state index contributed by atoms with van der Waals surface area (Å²) in [5.41, 5.74) is 1.54.